The first-order valence-electron chi connectivity index (χ1n) is 6.42. The molecule has 0 aromatic heterocycles. The molecule has 0 saturated heterocycles. The van der Waals surface area contributed by atoms with Gasteiger partial charge in [0, 0.05) is 16.7 Å². The second kappa shape index (κ2) is 6.40. The van der Waals surface area contributed by atoms with Crippen molar-refractivity contribution in [3.63, 3.8) is 0 Å². The SMILES string of the molecule is CCC(C)(C)C(=O)Nc1cc(C)cc(C#CCO)c1. The van der Waals surface area contributed by atoms with E-state index in [2.05, 4.69) is 17.2 Å². The van der Waals surface area contributed by atoms with Crippen molar-refractivity contribution in [3.8, 4) is 11.8 Å². The van der Waals surface area contributed by atoms with Crippen molar-refractivity contribution in [1.29, 1.82) is 0 Å². The minimum absolute atomic E-state index is 0.00154. The molecular weight excluding hydrogens is 238 g/mol. The molecule has 0 spiro atoms. The van der Waals surface area contributed by atoms with Crippen molar-refractivity contribution in [2.45, 2.75) is 34.1 Å². The third-order valence-corrected chi connectivity index (χ3v) is 3.15. The Labute approximate surface area is 115 Å². The number of hydrogen-bond acceptors (Lipinski definition) is 2. The highest BCUT2D eigenvalue weighted by Gasteiger charge is 2.25. The molecule has 0 bridgehead atoms. The number of aryl methyl sites for hydroxylation is 1. The van der Waals surface area contributed by atoms with Gasteiger partial charge in [-0.1, -0.05) is 32.6 Å². The monoisotopic (exact) mass is 259 g/mol. The summed E-state index contributed by atoms with van der Waals surface area (Å²) in [5, 5.41) is 11.6. The number of carbonyl (C=O) groups excluding carboxylic acids is 1. The Balaban J connectivity index is 2.96. The normalized spacial score (nSPS) is 10.6. The first kappa shape index (κ1) is 15.3. The molecule has 1 aromatic rings. The molecule has 3 nitrogen and oxygen atoms in total. The number of rotatable bonds is 3. The zero-order valence-electron chi connectivity index (χ0n) is 12.0. The van der Waals surface area contributed by atoms with Crippen LogP contribution >= 0.6 is 0 Å². The highest BCUT2D eigenvalue weighted by molar-refractivity contribution is 5.95. The highest BCUT2D eigenvalue weighted by atomic mass is 16.2. The predicted molar refractivity (Wildman–Crippen MR) is 77.8 cm³/mol. The maximum absolute atomic E-state index is 12.1. The van der Waals surface area contributed by atoms with Gasteiger partial charge in [-0.2, -0.15) is 0 Å². The van der Waals surface area contributed by atoms with Gasteiger partial charge in [-0.3, -0.25) is 4.79 Å². The van der Waals surface area contributed by atoms with Gasteiger partial charge in [-0.15, -0.1) is 0 Å². The summed E-state index contributed by atoms with van der Waals surface area (Å²) >= 11 is 0. The fourth-order valence-corrected chi connectivity index (χ4v) is 1.53. The topological polar surface area (TPSA) is 49.3 Å². The molecule has 0 aliphatic heterocycles. The fourth-order valence-electron chi connectivity index (χ4n) is 1.53. The Bertz CT molecular complexity index is 521. The van der Waals surface area contributed by atoms with Crippen molar-refractivity contribution >= 4 is 11.6 Å². The average Bonchev–Trinajstić information content (AvgIpc) is 2.35. The van der Waals surface area contributed by atoms with Crippen LogP contribution in [0.3, 0.4) is 0 Å². The first-order valence-corrected chi connectivity index (χ1v) is 6.42. The molecule has 0 unspecified atom stereocenters. The van der Waals surface area contributed by atoms with E-state index in [4.69, 9.17) is 5.11 Å². The van der Waals surface area contributed by atoms with Crippen LogP contribution < -0.4 is 5.32 Å². The van der Waals surface area contributed by atoms with Crippen molar-refractivity contribution in [2.75, 3.05) is 11.9 Å². The van der Waals surface area contributed by atoms with Gasteiger partial charge in [0.05, 0.1) is 0 Å². The van der Waals surface area contributed by atoms with Gasteiger partial charge in [0.2, 0.25) is 5.91 Å². The molecule has 1 aromatic carbocycles. The number of amides is 1. The summed E-state index contributed by atoms with van der Waals surface area (Å²) in [7, 11) is 0. The second-order valence-corrected chi connectivity index (χ2v) is 5.24. The molecular formula is C16H21NO2. The number of nitrogens with one attached hydrogen (secondary N) is 1. The Morgan fingerprint density at radius 1 is 1.37 bits per heavy atom. The van der Waals surface area contributed by atoms with Crippen LogP contribution in [0.4, 0.5) is 5.69 Å². The van der Waals surface area contributed by atoms with Gasteiger partial charge in [0.15, 0.2) is 0 Å². The van der Waals surface area contributed by atoms with Gasteiger partial charge >= 0.3 is 0 Å². The molecule has 0 aliphatic carbocycles. The molecule has 1 amide bonds. The summed E-state index contributed by atoms with van der Waals surface area (Å²) in [5.74, 6) is 5.46. The Morgan fingerprint density at radius 2 is 2.05 bits per heavy atom. The number of aliphatic hydroxyl groups is 1. The zero-order chi connectivity index (χ0) is 14.5. The van der Waals surface area contributed by atoms with Gasteiger partial charge in [0.25, 0.3) is 0 Å². The Morgan fingerprint density at radius 3 is 2.63 bits per heavy atom. The molecule has 3 heteroatoms. The summed E-state index contributed by atoms with van der Waals surface area (Å²) in [6.45, 7) is 7.62. The molecule has 1 rings (SSSR count). The van der Waals surface area contributed by atoms with Crippen molar-refractivity contribution in [3.05, 3.63) is 29.3 Å². The Kier molecular flexibility index (Phi) is 5.14. The van der Waals surface area contributed by atoms with Crippen LogP contribution in [0.1, 0.15) is 38.3 Å². The first-order chi connectivity index (χ1) is 8.89. The van der Waals surface area contributed by atoms with Crippen molar-refractivity contribution in [1.82, 2.24) is 0 Å². The van der Waals surface area contributed by atoms with Crippen LogP contribution in [0, 0.1) is 24.2 Å². The molecule has 0 atom stereocenters. The molecule has 0 heterocycles. The summed E-state index contributed by atoms with van der Waals surface area (Å²) < 4.78 is 0. The molecule has 2 N–H and O–H groups in total. The van der Waals surface area contributed by atoms with E-state index < -0.39 is 0 Å². The van der Waals surface area contributed by atoms with Gasteiger partial charge in [-0.25, -0.2) is 0 Å². The van der Waals surface area contributed by atoms with Crippen LogP contribution in [0.15, 0.2) is 18.2 Å². The average molecular weight is 259 g/mol. The van der Waals surface area contributed by atoms with Crippen molar-refractivity contribution in [2.24, 2.45) is 5.41 Å². The minimum atomic E-state index is -0.388. The van der Waals surface area contributed by atoms with E-state index in [0.29, 0.717) is 0 Å². The molecule has 102 valence electrons. The van der Waals surface area contributed by atoms with E-state index in [1.54, 1.807) is 0 Å². The number of carbonyl (C=O) groups is 1. The summed E-state index contributed by atoms with van der Waals surface area (Å²) in [6, 6.07) is 5.65. The molecule has 0 radical (unpaired) electrons. The molecule has 0 aliphatic rings. The number of anilines is 1. The fraction of sp³-hybridized carbons (Fsp3) is 0.438. The Hall–Kier alpha value is -1.79. The second-order valence-electron chi connectivity index (χ2n) is 5.24. The van der Waals surface area contributed by atoms with E-state index in [1.807, 2.05) is 45.9 Å². The largest absolute Gasteiger partial charge is 0.384 e. The lowest BCUT2D eigenvalue weighted by Gasteiger charge is -2.21. The maximum atomic E-state index is 12.1. The number of aliphatic hydroxyl groups excluding tert-OH is 1. The van der Waals surface area contributed by atoms with Crippen molar-refractivity contribution < 1.29 is 9.90 Å². The molecule has 0 saturated carbocycles. The van der Waals surface area contributed by atoms with Crippen LogP contribution in [0.25, 0.3) is 0 Å². The lowest BCUT2D eigenvalue weighted by molar-refractivity contribution is -0.124. The lowest BCUT2D eigenvalue weighted by Crippen LogP contribution is -2.30. The number of hydrogen-bond donors (Lipinski definition) is 2. The van der Waals surface area contributed by atoms with Crippen LogP contribution in [-0.2, 0) is 4.79 Å². The third kappa shape index (κ3) is 4.42. The lowest BCUT2D eigenvalue weighted by atomic mass is 9.89. The highest BCUT2D eigenvalue weighted by Crippen LogP contribution is 2.23. The molecule has 19 heavy (non-hydrogen) atoms. The maximum Gasteiger partial charge on any atom is 0.230 e. The quantitative estimate of drug-likeness (QED) is 0.820. The van der Waals surface area contributed by atoms with E-state index in [9.17, 15) is 4.79 Å². The minimum Gasteiger partial charge on any atom is -0.384 e. The molecule has 0 fully saturated rings. The third-order valence-electron chi connectivity index (χ3n) is 3.15. The van der Waals surface area contributed by atoms with Crippen LogP contribution in [0.5, 0.6) is 0 Å². The van der Waals surface area contributed by atoms with Gasteiger partial charge in [0.1, 0.15) is 6.61 Å². The van der Waals surface area contributed by atoms with E-state index in [1.165, 1.54) is 0 Å². The van der Waals surface area contributed by atoms with E-state index in [0.717, 1.165) is 23.2 Å². The zero-order valence-corrected chi connectivity index (χ0v) is 12.0. The van der Waals surface area contributed by atoms with E-state index in [-0.39, 0.29) is 17.9 Å². The smallest absolute Gasteiger partial charge is 0.230 e. The van der Waals surface area contributed by atoms with Crippen LogP contribution in [0.2, 0.25) is 0 Å². The van der Waals surface area contributed by atoms with E-state index >= 15 is 0 Å². The summed E-state index contributed by atoms with van der Waals surface area (Å²) in [6.07, 6.45) is 0.780. The van der Waals surface area contributed by atoms with Gasteiger partial charge in [-0.05, 0) is 37.1 Å². The van der Waals surface area contributed by atoms with Gasteiger partial charge < -0.3 is 10.4 Å². The summed E-state index contributed by atoms with van der Waals surface area (Å²) in [5.41, 5.74) is 2.17. The summed E-state index contributed by atoms with van der Waals surface area (Å²) in [4.78, 5) is 12.1. The predicted octanol–water partition coefficient (Wildman–Crippen LogP) is 2.71. The standard InChI is InChI=1S/C16H21NO2/c1-5-16(3,4)15(19)17-14-10-12(2)9-13(11-14)7-6-8-18/h9-11,18H,5,8H2,1-4H3,(H,17,19). The number of benzene rings is 1. The van der Waals surface area contributed by atoms with Crippen LogP contribution in [-0.4, -0.2) is 17.6 Å².